The standard InChI is InChI=1S/C18H28N4O2/c1-13(2)11-20-18(24)22-8-4-5-15(12-22)10-17(23)21-16-6-7-19-14(3)9-16/h6-7,9,13,15H,4-5,8,10-12H2,1-3H3,(H,20,24)(H,19,21,23)/t15-/m0/s1. The Balaban J connectivity index is 1.81. The van der Waals surface area contributed by atoms with Crippen molar-refractivity contribution in [2.45, 2.75) is 40.0 Å². The number of hydrogen-bond donors (Lipinski definition) is 2. The summed E-state index contributed by atoms with van der Waals surface area (Å²) in [5.74, 6) is 0.644. The number of rotatable bonds is 5. The average Bonchev–Trinajstić information content (AvgIpc) is 2.52. The first-order valence-electron chi connectivity index (χ1n) is 8.69. The summed E-state index contributed by atoms with van der Waals surface area (Å²) >= 11 is 0. The van der Waals surface area contributed by atoms with E-state index >= 15 is 0 Å². The topological polar surface area (TPSA) is 74.3 Å². The van der Waals surface area contributed by atoms with E-state index in [0.717, 1.165) is 30.8 Å². The van der Waals surface area contributed by atoms with Gasteiger partial charge in [0.25, 0.3) is 0 Å². The molecule has 1 saturated heterocycles. The highest BCUT2D eigenvalue weighted by molar-refractivity contribution is 5.90. The zero-order chi connectivity index (χ0) is 17.5. The molecule has 0 bridgehead atoms. The van der Waals surface area contributed by atoms with Crippen molar-refractivity contribution < 1.29 is 9.59 Å². The normalized spacial score (nSPS) is 17.7. The Morgan fingerprint density at radius 2 is 2.21 bits per heavy atom. The van der Waals surface area contributed by atoms with E-state index in [2.05, 4.69) is 29.5 Å². The zero-order valence-electron chi connectivity index (χ0n) is 14.8. The summed E-state index contributed by atoms with van der Waals surface area (Å²) in [5.41, 5.74) is 1.65. The predicted octanol–water partition coefficient (Wildman–Crippen LogP) is 2.80. The van der Waals surface area contributed by atoms with Crippen molar-refractivity contribution in [3.05, 3.63) is 24.0 Å². The van der Waals surface area contributed by atoms with Gasteiger partial charge in [0, 0.05) is 43.6 Å². The second-order valence-corrected chi connectivity index (χ2v) is 6.97. The smallest absolute Gasteiger partial charge is 0.317 e. The number of carbonyl (C=O) groups is 2. The van der Waals surface area contributed by atoms with E-state index in [1.807, 2.05) is 17.9 Å². The fourth-order valence-corrected chi connectivity index (χ4v) is 2.92. The molecular weight excluding hydrogens is 304 g/mol. The van der Waals surface area contributed by atoms with Crippen molar-refractivity contribution in [1.82, 2.24) is 15.2 Å². The van der Waals surface area contributed by atoms with E-state index in [-0.39, 0.29) is 17.9 Å². The number of nitrogens with zero attached hydrogens (tertiary/aromatic N) is 2. The molecule has 1 atom stereocenters. The number of anilines is 1. The first kappa shape index (κ1) is 18.2. The molecule has 2 heterocycles. The molecule has 1 fully saturated rings. The van der Waals surface area contributed by atoms with Crippen LogP contribution in [0.25, 0.3) is 0 Å². The predicted molar refractivity (Wildman–Crippen MR) is 94.8 cm³/mol. The average molecular weight is 332 g/mol. The largest absolute Gasteiger partial charge is 0.338 e. The second kappa shape index (κ2) is 8.66. The van der Waals surface area contributed by atoms with Crippen molar-refractivity contribution >= 4 is 17.6 Å². The molecule has 0 saturated carbocycles. The first-order valence-corrected chi connectivity index (χ1v) is 8.69. The van der Waals surface area contributed by atoms with Crippen LogP contribution in [-0.2, 0) is 4.79 Å². The van der Waals surface area contributed by atoms with Gasteiger partial charge in [0.15, 0.2) is 0 Å². The number of urea groups is 1. The molecule has 0 aromatic carbocycles. The van der Waals surface area contributed by atoms with Gasteiger partial charge in [-0.1, -0.05) is 13.8 Å². The van der Waals surface area contributed by atoms with Gasteiger partial charge in [0.2, 0.25) is 5.91 Å². The van der Waals surface area contributed by atoms with Crippen LogP contribution in [0, 0.1) is 18.8 Å². The minimum atomic E-state index is -0.0152. The number of aryl methyl sites for hydroxylation is 1. The third-order valence-electron chi connectivity index (χ3n) is 4.12. The summed E-state index contributed by atoms with van der Waals surface area (Å²) in [6.07, 6.45) is 4.06. The van der Waals surface area contributed by atoms with Crippen LogP contribution >= 0.6 is 0 Å². The Kier molecular flexibility index (Phi) is 6.58. The minimum absolute atomic E-state index is 0.00459. The number of amides is 3. The van der Waals surface area contributed by atoms with Crippen LogP contribution in [0.5, 0.6) is 0 Å². The van der Waals surface area contributed by atoms with Gasteiger partial charge >= 0.3 is 6.03 Å². The van der Waals surface area contributed by atoms with Gasteiger partial charge in [-0.2, -0.15) is 0 Å². The molecule has 3 amide bonds. The zero-order valence-corrected chi connectivity index (χ0v) is 14.8. The molecule has 1 aromatic heterocycles. The molecule has 0 unspecified atom stereocenters. The highest BCUT2D eigenvalue weighted by atomic mass is 16.2. The van der Waals surface area contributed by atoms with Crippen molar-refractivity contribution in [3.8, 4) is 0 Å². The number of piperidine rings is 1. The lowest BCUT2D eigenvalue weighted by Gasteiger charge is -2.32. The molecule has 1 aliphatic heterocycles. The van der Waals surface area contributed by atoms with E-state index in [1.165, 1.54) is 0 Å². The quantitative estimate of drug-likeness (QED) is 0.871. The van der Waals surface area contributed by atoms with Crippen LogP contribution < -0.4 is 10.6 Å². The van der Waals surface area contributed by atoms with Crippen molar-refractivity contribution in [2.24, 2.45) is 11.8 Å². The van der Waals surface area contributed by atoms with Crippen molar-refractivity contribution in [2.75, 3.05) is 25.0 Å². The van der Waals surface area contributed by atoms with Gasteiger partial charge in [-0.25, -0.2) is 4.79 Å². The van der Waals surface area contributed by atoms with Gasteiger partial charge < -0.3 is 15.5 Å². The fourth-order valence-electron chi connectivity index (χ4n) is 2.92. The van der Waals surface area contributed by atoms with E-state index in [0.29, 0.717) is 25.4 Å². The Morgan fingerprint density at radius 1 is 1.42 bits per heavy atom. The molecule has 2 N–H and O–H groups in total. The maximum Gasteiger partial charge on any atom is 0.317 e. The van der Waals surface area contributed by atoms with E-state index in [4.69, 9.17) is 0 Å². The van der Waals surface area contributed by atoms with E-state index < -0.39 is 0 Å². The van der Waals surface area contributed by atoms with Crippen molar-refractivity contribution in [3.63, 3.8) is 0 Å². The number of hydrogen-bond acceptors (Lipinski definition) is 3. The molecule has 24 heavy (non-hydrogen) atoms. The molecule has 6 heteroatoms. The fraction of sp³-hybridized carbons (Fsp3) is 0.611. The first-order chi connectivity index (χ1) is 11.4. The summed E-state index contributed by atoms with van der Waals surface area (Å²) in [6, 6.07) is 3.63. The number of carbonyl (C=O) groups excluding carboxylic acids is 2. The molecule has 6 nitrogen and oxygen atoms in total. The lowest BCUT2D eigenvalue weighted by Crippen LogP contribution is -2.46. The number of aromatic nitrogens is 1. The maximum atomic E-state index is 12.2. The lowest BCUT2D eigenvalue weighted by molar-refractivity contribution is -0.117. The third kappa shape index (κ3) is 5.83. The van der Waals surface area contributed by atoms with Crippen LogP contribution in [0.2, 0.25) is 0 Å². The monoisotopic (exact) mass is 332 g/mol. The van der Waals surface area contributed by atoms with Gasteiger partial charge in [-0.05, 0) is 43.7 Å². The molecule has 1 aliphatic rings. The maximum absolute atomic E-state index is 12.2. The molecule has 0 radical (unpaired) electrons. The van der Waals surface area contributed by atoms with Crippen LogP contribution in [0.1, 0.15) is 38.8 Å². The van der Waals surface area contributed by atoms with Gasteiger partial charge in [-0.15, -0.1) is 0 Å². The van der Waals surface area contributed by atoms with Gasteiger partial charge in [0.1, 0.15) is 0 Å². The molecule has 0 aliphatic carbocycles. The van der Waals surface area contributed by atoms with Crippen LogP contribution in [0.15, 0.2) is 18.3 Å². The van der Waals surface area contributed by atoms with Crippen molar-refractivity contribution in [1.29, 1.82) is 0 Å². The van der Waals surface area contributed by atoms with Crippen LogP contribution in [0.3, 0.4) is 0 Å². The highest BCUT2D eigenvalue weighted by Gasteiger charge is 2.25. The lowest BCUT2D eigenvalue weighted by atomic mass is 9.94. The van der Waals surface area contributed by atoms with Gasteiger partial charge in [0.05, 0.1) is 0 Å². The summed E-state index contributed by atoms with van der Waals surface area (Å²) in [7, 11) is 0. The van der Waals surface area contributed by atoms with E-state index in [9.17, 15) is 9.59 Å². The Bertz CT molecular complexity index is 574. The Morgan fingerprint density at radius 3 is 2.92 bits per heavy atom. The second-order valence-electron chi connectivity index (χ2n) is 6.97. The Labute approximate surface area is 144 Å². The summed E-state index contributed by atoms with van der Waals surface area (Å²) in [4.78, 5) is 30.4. The molecule has 0 spiro atoms. The molecule has 132 valence electrons. The number of likely N-dealkylation sites (tertiary alicyclic amines) is 1. The third-order valence-corrected chi connectivity index (χ3v) is 4.12. The summed E-state index contributed by atoms with van der Waals surface area (Å²) in [5, 5.41) is 5.87. The van der Waals surface area contributed by atoms with E-state index in [1.54, 1.807) is 12.3 Å². The number of pyridine rings is 1. The SMILES string of the molecule is Cc1cc(NC(=O)C[C@@H]2CCCN(C(=O)NCC(C)C)C2)ccn1. The summed E-state index contributed by atoms with van der Waals surface area (Å²) < 4.78 is 0. The molecule has 2 rings (SSSR count). The van der Waals surface area contributed by atoms with Crippen LogP contribution in [0.4, 0.5) is 10.5 Å². The Hall–Kier alpha value is -2.11. The number of nitrogens with one attached hydrogen (secondary N) is 2. The summed E-state index contributed by atoms with van der Waals surface area (Å²) in [6.45, 7) is 8.14. The minimum Gasteiger partial charge on any atom is -0.338 e. The van der Waals surface area contributed by atoms with Crippen LogP contribution in [-0.4, -0.2) is 41.5 Å². The molecule has 1 aromatic rings. The highest BCUT2D eigenvalue weighted by Crippen LogP contribution is 2.20. The van der Waals surface area contributed by atoms with Gasteiger partial charge in [-0.3, -0.25) is 9.78 Å². The molecular formula is C18H28N4O2.